The van der Waals surface area contributed by atoms with Gasteiger partial charge in [0.25, 0.3) is 0 Å². The number of hydrogen-bond donors (Lipinski definition) is 1. The molecule has 3 aromatic carbocycles. The Morgan fingerprint density at radius 2 is 1.69 bits per heavy atom. The summed E-state index contributed by atoms with van der Waals surface area (Å²) in [5, 5.41) is 5.08. The topological polar surface area (TPSA) is 69.7 Å². The Labute approximate surface area is 189 Å². The molecule has 168 valence electrons. The molecule has 0 spiro atoms. The Morgan fingerprint density at radius 1 is 1.00 bits per heavy atom. The molecule has 1 amide bonds. The molecule has 1 aliphatic heterocycles. The molecular formula is C25H29N3O3S. The maximum absolute atomic E-state index is 13.1. The summed E-state index contributed by atoms with van der Waals surface area (Å²) in [6, 6.07) is 18.7. The molecule has 1 saturated heterocycles. The SMILES string of the molecule is Cc1ccc(S(=O)(=O)N2CCC[C@@H](C(=O)Nc3ccc(N(C)C)c4ccccc34)C2)cc1. The number of carbonyl (C=O) groups is 1. The molecule has 0 unspecified atom stereocenters. The molecular weight excluding hydrogens is 422 g/mol. The summed E-state index contributed by atoms with van der Waals surface area (Å²) in [6.45, 7) is 2.54. The van der Waals surface area contributed by atoms with Crippen LogP contribution in [0.15, 0.2) is 65.6 Å². The van der Waals surface area contributed by atoms with Crippen molar-refractivity contribution in [2.45, 2.75) is 24.7 Å². The smallest absolute Gasteiger partial charge is 0.243 e. The van der Waals surface area contributed by atoms with E-state index in [1.54, 1.807) is 24.3 Å². The van der Waals surface area contributed by atoms with Crippen molar-refractivity contribution in [2.24, 2.45) is 5.92 Å². The fourth-order valence-electron chi connectivity index (χ4n) is 4.25. The van der Waals surface area contributed by atoms with Gasteiger partial charge in [0.15, 0.2) is 0 Å². The highest BCUT2D eigenvalue weighted by molar-refractivity contribution is 7.89. The highest BCUT2D eigenvalue weighted by Crippen LogP contribution is 2.32. The average molecular weight is 452 g/mol. The normalized spacial score (nSPS) is 17.3. The molecule has 0 saturated carbocycles. The third kappa shape index (κ3) is 4.36. The van der Waals surface area contributed by atoms with E-state index in [-0.39, 0.29) is 17.3 Å². The second-order valence-corrected chi connectivity index (χ2v) is 10.5. The maximum atomic E-state index is 13.1. The third-order valence-electron chi connectivity index (χ3n) is 6.05. The number of nitrogens with zero attached hydrogens (tertiary/aromatic N) is 2. The monoisotopic (exact) mass is 451 g/mol. The van der Waals surface area contributed by atoms with Gasteiger partial charge in [-0.25, -0.2) is 8.42 Å². The van der Waals surface area contributed by atoms with Gasteiger partial charge in [-0.15, -0.1) is 0 Å². The van der Waals surface area contributed by atoms with Gasteiger partial charge in [0.2, 0.25) is 15.9 Å². The molecule has 1 fully saturated rings. The predicted molar refractivity (Wildman–Crippen MR) is 130 cm³/mol. The van der Waals surface area contributed by atoms with Gasteiger partial charge < -0.3 is 10.2 Å². The molecule has 3 aromatic rings. The molecule has 1 atom stereocenters. The Balaban J connectivity index is 1.54. The minimum atomic E-state index is -3.62. The van der Waals surface area contributed by atoms with Crippen molar-refractivity contribution in [1.29, 1.82) is 0 Å². The van der Waals surface area contributed by atoms with E-state index in [0.29, 0.717) is 19.4 Å². The molecule has 0 radical (unpaired) electrons. The molecule has 0 aromatic heterocycles. The quantitative estimate of drug-likeness (QED) is 0.630. The van der Waals surface area contributed by atoms with E-state index in [2.05, 4.69) is 5.32 Å². The predicted octanol–water partition coefficient (Wildman–Crippen LogP) is 4.25. The number of aryl methyl sites for hydroxylation is 1. The van der Waals surface area contributed by atoms with Gasteiger partial charge >= 0.3 is 0 Å². The lowest BCUT2D eigenvalue weighted by Gasteiger charge is -2.31. The minimum absolute atomic E-state index is 0.142. The van der Waals surface area contributed by atoms with Crippen LogP contribution in [0.2, 0.25) is 0 Å². The van der Waals surface area contributed by atoms with Crippen LogP contribution in [0.3, 0.4) is 0 Å². The van der Waals surface area contributed by atoms with Gasteiger partial charge in [0, 0.05) is 49.3 Å². The first-order valence-corrected chi connectivity index (χ1v) is 12.3. The van der Waals surface area contributed by atoms with Gasteiger partial charge in [-0.3, -0.25) is 4.79 Å². The summed E-state index contributed by atoms with van der Waals surface area (Å²) in [4.78, 5) is 15.5. The van der Waals surface area contributed by atoms with E-state index in [4.69, 9.17) is 0 Å². The number of hydrogen-bond acceptors (Lipinski definition) is 4. The van der Waals surface area contributed by atoms with Gasteiger partial charge in [-0.2, -0.15) is 4.31 Å². The maximum Gasteiger partial charge on any atom is 0.243 e. The zero-order valence-corrected chi connectivity index (χ0v) is 19.5. The van der Waals surface area contributed by atoms with Crippen LogP contribution in [0.4, 0.5) is 11.4 Å². The number of carbonyl (C=O) groups excluding carboxylic acids is 1. The number of amides is 1. The van der Waals surface area contributed by atoms with E-state index in [1.165, 1.54) is 4.31 Å². The van der Waals surface area contributed by atoms with E-state index < -0.39 is 15.9 Å². The zero-order valence-electron chi connectivity index (χ0n) is 18.7. The minimum Gasteiger partial charge on any atom is -0.377 e. The van der Waals surface area contributed by atoms with Crippen molar-refractivity contribution in [2.75, 3.05) is 37.4 Å². The summed E-state index contributed by atoms with van der Waals surface area (Å²) in [7, 11) is 0.362. The van der Waals surface area contributed by atoms with Crippen molar-refractivity contribution in [3.63, 3.8) is 0 Å². The van der Waals surface area contributed by atoms with E-state index in [0.717, 1.165) is 27.7 Å². The summed E-state index contributed by atoms with van der Waals surface area (Å²) >= 11 is 0. The van der Waals surface area contributed by atoms with Crippen molar-refractivity contribution in [3.05, 3.63) is 66.2 Å². The standard InChI is InChI=1S/C25H29N3O3S/c1-18-10-12-20(13-11-18)32(30,31)28-16-6-7-19(17-28)25(29)26-23-14-15-24(27(2)3)22-9-5-4-8-21(22)23/h4-5,8-15,19H,6-7,16-17H2,1-3H3,(H,26,29)/t19-/m1/s1. The molecule has 4 rings (SSSR count). The highest BCUT2D eigenvalue weighted by atomic mass is 32.2. The first-order valence-electron chi connectivity index (χ1n) is 10.8. The van der Waals surface area contributed by atoms with Gasteiger partial charge in [-0.05, 0) is 44.0 Å². The van der Waals surface area contributed by atoms with Gasteiger partial charge in [0.1, 0.15) is 0 Å². The highest BCUT2D eigenvalue weighted by Gasteiger charge is 2.33. The Morgan fingerprint density at radius 3 is 2.38 bits per heavy atom. The first kappa shape index (κ1) is 22.3. The Bertz CT molecular complexity index is 1240. The number of rotatable bonds is 5. The van der Waals surface area contributed by atoms with Crippen molar-refractivity contribution >= 4 is 38.1 Å². The Hall–Kier alpha value is -2.90. The van der Waals surface area contributed by atoms with Crippen LogP contribution in [-0.4, -0.2) is 45.8 Å². The van der Waals surface area contributed by atoms with Crippen molar-refractivity contribution in [1.82, 2.24) is 4.31 Å². The Kier molecular flexibility index (Phi) is 6.22. The lowest BCUT2D eigenvalue weighted by atomic mass is 9.98. The molecule has 1 N–H and O–H groups in total. The lowest BCUT2D eigenvalue weighted by Crippen LogP contribution is -2.43. The summed E-state index contributed by atoms with van der Waals surface area (Å²) < 4.78 is 27.6. The molecule has 6 nitrogen and oxygen atoms in total. The number of piperidine rings is 1. The molecule has 0 bridgehead atoms. The number of anilines is 2. The molecule has 1 aliphatic rings. The largest absolute Gasteiger partial charge is 0.377 e. The van der Waals surface area contributed by atoms with E-state index in [1.807, 2.05) is 62.3 Å². The lowest BCUT2D eigenvalue weighted by molar-refractivity contribution is -0.120. The van der Waals surface area contributed by atoms with Crippen LogP contribution in [0, 0.1) is 12.8 Å². The van der Waals surface area contributed by atoms with Crippen LogP contribution in [0.5, 0.6) is 0 Å². The van der Waals surface area contributed by atoms with Crippen LogP contribution in [-0.2, 0) is 14.8 Å². The number of benzene rings is 3. The van der Waals surface area contributed by atoms with Crippen molar-refractivity contribution in [3.8, 4) is 0 Å². The van der Waals surface area contributed by atoms with Crippen LogP contribution in [0.1, 0.15) is 18.4 Å². The molecule has 1 heterocycles. The number of fused-ring (bicyclic) bond motifs is 1. The van der Waals surface area contributed by atoms with E-state index in [9.17, 15) is 13.2 Å². The summed E-state index contributed by atoms with van der Waals surface area (Å²) in [6.07, 6.45) is 1.32. The molecule has 0 aliphatic carbocycles. The fraction of sp³-hybridized carbons (Fsp3) is 0.320. The summed E-state index contributed by atoms with van der Waals surface area (Å²) in [5.74, 6) is -0.534. The molecule has 7 heteroatoms. The second-order valence-electron chi connectivity index (χ2n) is 8.58. The number of sulfonamides is 1. The zero-order chi connectivity index (χ0) is 22.9. The first-order chi connectivity index (χ1) is 15.3. The van der Waals surface area contributed by atoms with Gasteiger partial charge in [-0.1, -0.05) is 42.0 Å². The van der Waals surface area contributed by atoms with Crippen LogP contribution in [0.25, 0.3) is 10.8 Å². The molecule has 32 heavy (non-hydrogen) atoms. The van der Waals surface area contributed by atoms with Crippen LogP contribution >= 0.6 is 0 Å². The van der Waals surface area contributed by atoms with E-state index >= 15 is 0 Å². The second kappa shape index (κ2) is 8.92. The van der Waals surface area contributed by atoms with Gasteiger partial charge in [0.05, 0.1) is 10.8 Å². The summed E-state index contributed by atoms with van der Waals surface area (Å²) in [5.41, 5.74) is 2.83. The van der Waals surface area contributed by atoms with Crippen LogP contribution < -0.4 is 10.2 Å². The fourth-order valence-corrected chi connectivity index (χ4v) is 5.77. The third-order valence-corrected chi connectivity index (χ3v) is 7.93. The number of nitrogens with one attached hydrogen (secondary N) is 1. The van der Waals surface area contributed by atoms with Crippen molar-refractivity contribution < 1.29 is 13.2 Å². The average Bonchev–Trinajstić information content (AvgIpc) is 2.79.